The van der Waals surface area contributed by atoms with Crippen molar-refractivity contribution < 1.29 is 9.53 Å². The highest BCUT2D eigenvalue weighted by Gasteiger charge is 2.48. The number of ketones is 1. The van der Waals surface area contributed by atoms with E-state index in [1.54, 1.807) is 0 Å². The third-order valence-electron chi connectivity index (χ3n) is 3.69. The molecule has 3 heteroatoms. The molecule has 1 aliphatic rings. The van der Waals surface area contributed by atoms with E-state index in [1.165, 1.54) is 0 Å². The first-order chi connectivity index (χ1) is 7.98. The van der Waals surface area contributed by atoms with Gasteiger partial charge >= 0.3 is 0 Å². The number of ether oxygens (including phenoxy) is 1. The van der Waals surface area contributed by atoms with Gasteiger partial charge in [0.1, 0.15) is 5.41 Å². The Morgan fingerprint density at radius 1 is 1.35 bits per heavy atom. The fourth-order valence-corrected chi connectivity index (χ4v) is 2.60. The predicted octanol–water partition coefficient (Wildman–Crippen LogP) is 3.09. The van der Waals surface area contributed by atoms with Crippen LogP contribution in [-0.4, -0.2) is 19.0 Å². The Labute approximate surface area is 104 Å². The fourth-order valence-electron chi connectivity index (χ4n) is 2.60. The Hall–Kier alpha value is -0.880. The summed E-state index contributed by atoms with van der Waals surface area (Å²) in [6, 6.07) is 2.27. The minimum atomic E-state index is -0.796. The van der Waals surface area contributed by atoms with E-state index < -0.39 is 5.41 Å². The molecular weight excluding hydrogens is 214 g/mol. The average molecular weight is 237 g/mol. The van der Waals surface area contributed by atoms with Gasteiger partial charge in [0.15, 0.2) is 5.78 Å². The summed E-state index contributed by atoms with van der Waals surface area (Å²) in [5.74, 6) is 0.110. The van der Waals surface area contributed by atoms with Crippen LogP contribution in [0.1, 0.15) is 52.9 Å². The molecule has 0 saturated heterocycles. The van der Waals surface area contributed by atoms with E-state index >= 15 is 0 Å². The summed E-state index contributed by atoms with van der Waals surface area (Å²) >= 11 is 0. The highest BCUT2D eigenvalue weighted by Crippen LogP contribution is 2.44. The summed E-state index contributed by atoms with van der Waals surface area (Å²) in [4.78, 5) is 12.4. The van der Waals surface area contributed by atoms with Gasteiger partial charge in [0.2, 0.25) is 0 Å². The number of hydrogen-bond acceptors (Lipinski definition) is 3. The maximum atomic E-state index is 12.4. The molecular formula is C14H23NO2. The van der Waals surface area contributed by atoms with Gasteiger partial charge in [-0.05, 0) is 25.7 Å². The van der Waals surface area contributed by atoms with Crippen molar-refractivity contribution in [2.75, 3.05) is 13.2 Å². The van der Waals surface area contributed by atoms with Crippen LogP contribution in [0.25, 0.3) is 0 Å². The van der Waals surface area contributed by atoms with Gasteiger partial charge in [-0.2, -0.15) is 5.26 Å². The van der Waals surface area contributed by atoms with Gasteiger partial charge < -0.3 is 4.74 Å². The SMILES string of the molecule is CCCOCCC1(C#N)CCCC(C)(C)C1=O. The molecule has 1 rings (SSSR count). The van der Waals surface area contributed by atoms with Crippen LogP contribution in [0.15, 0.2) is 0 Å². The van der Waals surface area contributed by atoms with Crippen LogP contribution in [0.2, 0.25) is 0 Å². The zero-order valence-corrected chi connectivity index (χ0v) is 11.2. The van der Waals surface area contributed by atoms with E-state index in [2.05, 4.69) is 13.0 Å². The monoisotopic (exact) mass is 237 g/mol. The molecule has 0 N–H and O–H groups in total. The van der Waals surface area contributed by atoms with Crippen LogP contribution in [0.5, 0.6) is 0 Å². The van der Waals surface area contributed by atoms with Crippen LogP contribution in [0, 0.1) is 22.2 Å². The normalized spacial score (nSPS) is 27.8. The summed E-state index contributed by atoms with van der Waals surface area (Å²) in [5, 5.41) is 9.37. The number of nitrogens with zero attached hydrogens (tertiary/aromatic N) is 1. The van der Waals surface area contributed by atoms with Gasteiger partial charge in [-0.25, -0.2) is 0 Å². The van der Waals surface area contributed by atoms with Gasteiger partial charge in [0.05, 0.1) is 6.07 Å². The van der Waals surface area contributed by atoms with Crippen molar-refractivity contribution in [3.63, 3.8) is 0 Å². The lowest BCUT2D eigenvalue weighted by Crippen LogP contribution is -2.44. The smallest absolute Gasteiger partial charge is 0.158 e. The third-order valence-corrected chi connectivity index (χ3v) is 3.69. The van der Waals surface area contributed by atoms with Crippen molar-refractivity contribution in [2.45, 2.75) is 52.9 Å². The summed E-state index contributed by atoms with van der Waals surface area (Å²) in [6.45, 7) is 7.18. The number of carbonyl (C=O) groups is 1. The number of hydrogen-bond donors (Lipinski definition) is 0. The molecule has 96 valence electrons. The van der Waals surface area contributed by atoms with E-state index in [4.69, 9.17) is 4.74 Å². The summed E-state index contributed by atoms with van der Waals surface area (Å²) in [7, 11) is 0. The molecule has 0 bridgehead atoms. The molecule has 1 aliphatic carbocycles. The molecule has 0 amide bonds. The minimum absolute atomic E-state index is 0.110. The second-order valence-corrected chi connectivity index (χ2v) is 5.62. The lowest BCUT2D eigenvalue weighted by molar-refractivity contribution is -0.139. The fraction of sp³-hybridized carbons (Fsp3) is 0.857. The molecule has 0 heterocycles. The van der Waals surface area contributed by atoms with E-state index in [9.17, 15) is 10.1 Å². The number of Topliss-reactive ketones (excluding diaryl/α,β-unsaturated/α-hetero) is 1. The van der Waals surface area contributed by atoms with Crippen LogP contribution >= 0.6 is 0 Å². The predicted molar refractivity (Wildman–Crippen MR) is 66.4 cm³/mol. The van der Waals surface area contributed by atoms with E-state index in [0.29, 0.717) is 26.1 Å². The number of carbonyl (C=O) groups excluding carboxylic acids is 1. The molecule has 1 atom stereocenters. The zero-order valence-electron chi connectivity index (χ0n) is 11.2. The second kappa shape index (κ2) is 5.64. The van der Waals surface area contributed by atoms with Crippen LogP contribution in [0.4, 0.5) is 0 Å². The zero-order chi connectivity index (χ0) is 12.9. The molecule has 3 nitrogen and oxygen atoms in total. The van der Waals surface area contributed by atoms with Crippen molar-refractivity contribution in [1.82, 2.24) is 0 Å². The molecule has 17 heavy (non-hydrogen) atoms. The van der Waals surface area contributed by atoms with E-state index in [1.807, 2.05) is 13.8 Å². The molecule has 0 aromatic carbocycles. The lowest BCUT2D eigenvalue weighted by Gasteiger charge is -2.38. The Kier molecular flexibility index (Phi) is 4.70. The molecule has 1 fully saturated rings. The van der Waals surface area contributed by atoms with E-state index in [-0.39, 0.29) is 11.2 Å². The van der Waals surface area contributed by atoms with Gasteiger partial charge in [-0.15, -0.1) is 0 Å². The summed E-state index contributed by atoms with van der Waals surface area (Å²) < 4.78 is 5.43. The van der Waals surface area contributed by atoms with Crippen LogP contribution in [-0.2, 0) is 9.53 Å². The molecule has 0 aliphatic heterocycles. The number of rotatable bonds is 5. The molecule has 1 saturated carbocycles. The first kappa shape index (κ1) is 14.2. The van der Waals surface area contributed by atoms with Crippen molar-refractivity contribution in [3.8, 4) is 6.07 Å². The quantitative estimate of drug-likeness (QED) is 0.690. The molecule has 0 radical (unpaired) electrons. The number of nitriles is 1. The highest BCUT2D eigenvalue weighted by atomic mass is 16.5. The topological polar surface area (TPSA) is 50.1 Å². The highest BCUT2D eigenvalue weighted by molar-refractivity contribution is 5.92. The second-order valence-electron chi connectivity index (χ2n) is 5.62. The van der Waals surface area contributed by atoms with Crippen LogP contribution < -0.4 is 0 Å². The van der Waals surface area contributed by atoms with Gasteiger partial charge in [0, 0.05) is 18.6 Å². The van der Waals surface area contributed by atoms with Gasteiger partial charge in [-0.3, -0.25) is 4.79 Å². The standard InChI is InChI=1S/C14H23NO2/c1-4-9-17-10-8-14(11-15)7-5-6-13(2,3)12(14)16/h4-10H2,1-3H3. The minimum Gasteiger partial charge on any atom is -0.381 e. The van der Waals surface area contributed by atoms with Crippen molar-refractivity contribution in [1.29, 1.82) is 5.26 Å². The molecule has 0 aromatic rings. The Morgan fingerprint density at radius 3 is 2.65 bits per heavy atom. The van der Waals surface area contributed by atoms with Crippen LogP contribution in [0.3, 0.4) is 0 Å². The average Bonchev–Trinajstić information content (AvgIpc) is 2.30. The Morgan fingerprint density at radius 2 is 2.06 bits per heavy atom. The first-order valence-electron chi connectivity index (χ1n) is 6.52. The first-order valence-corrected chi connectivity index (χ1v) is 6.52. The summed E-state index contributed by atoms with van der Waals surface area (Å²) in [6.07, 6.45) is 4.07. The van der Waals surface area contributed by atoms with E-state index in [0.717, 1.165) is 19.3 Å². The molecule has 1 unspecified atom stereocenters. The van der Waals surface area contributed by atoms with Crippen molar-refractivity contribution in [3.05, 3.63) is 0 Å². The summed E-state index contributed by atoms with van der Waals surface area (Å²) in [5.41, 5.74) is -1.14. The largest absolute Gasteiger partial charge is 0.381 e. The Balaban J connectivity index is 2.68. The van der Waals surface area contributed by atoms with Crippen molar-refractivity contribution >= 4 is 5.78 Å². The molecule has 0 aromatic heterocycles. The molecule has 0 spiro atoms. The van der Waals surface area contributed by atoms with Gasteiger partial charge in [-0.1, -0.05) is 27.2 Å². The maximum Gasteiger partial charge on any atom is 0.158 e. The van der Waals surface area contributed by atoms with Crippen molar-refractivity contribution in [2.24, 2.45) is 10.8 Å². The maximum absolute atomic E-state index is 12.4. The lowest BCUT2D eigenvalue weighted by atomic mass is 9.62. The van der Waals surface area contributed by atoms with Gasteiger partial charge in [0.25, 0.3) is 0 Å². The third kappa shape index (κ3) is 3.07. The Bertz CT molecular complexity index is 317.